The van der Waals surface area contributed by atoms with Gasteiger partial charge in [-0.15, -0.1) is 0 Å². The maximum absolute atomic E-state index is 12.5. The van der Waals surface area contributed by atoms with E-state index in [1.165, 1.54) is 0 Å². The largest absolute Gasteiger partial charge is 0.466 e. The van der Waals surface area contributed by atoms with Crippen LogP contribution in [0.5, 0.6) is 0 Å². The van der Waals surface area contributed by atoms with Crippen LogP contribution in [0.3, 0.4) is 0 Å². The fraction of sp³-hybridized carbons (Fsp3) is 0.556. The second kappa shape index (κ2) is 5.96. The van der Waals surface area contributed by atoms with Crippen LogP contribution < -0.4 is 0 Å². The molecule has 1 amide bonds. The van der Waals surface area contributed by atoms with Crippen molar-refractivity contribution in [3.8, 4) is 0 Å². The summed E-state index contributed by atoms with van der Waals surface area (Å²) >= 11 is 0. The molecule has 2 fully saturated rings. The van der Waals surface area contributed by atoms with Gasteiger partial charge in [0.1, 0.15) is 6.10 Å². The average molecular weight is 317 g/mol. The van der Waals surface area contributed by atoms with Gasteiger partial charge in [-0.1, -0.05) is 30.3 Å². The van der Waals surface area contributed by atoms with Crippen LogP contribution in [-0.2, 0) is 14.3 Å². The maximum Gasteiger partial charge on any atom is 0.312 e. The summed E-state index contributed by atoms with van der Waals surface area (Å²) < 4.78 is 5.17. The molecule has 3 rings (SSSR count). The van der Waals surface area contributed by atoms with Crippen LogP contribution in [0.2, 0.25) is 0 Å². The van der Waals surface area contributed by atoms with E-state index in [0.29, 0.717) is 26.0 Å². The number of hydrogen-bond donors (Lipinski definition) is 1. The normalized spacial score (nSPS) is 26.9. The zero-order valence-corrected chi connectivity index (χ0v) is 13.6. The number of aliphatic hydroxyl groups excluding tert-OH is 1. The van der Waals surface area contributed by atoms with Gasteiger partial charge in [-0.25, -0.2) is 0 Å². The van der Waals surface area contributed by atoms with Crippen LogP contribution in [-0.4, -0.2) is 41.1 Å². The predicted octanol–water partition coefficient (Wildman–Crippen LogP) is 1.91. The molecule has 0 spiro atoms. The van der Waals surface area contributed by atoms with Gasteiger partial charge >= 0.3 is 5.97 Å². The smallest absolute Gasteiger partial charge is 0.312 e. The highest BCUT2D eigenvalue weighted by atomic mass is 16.5. The summed E-state index contributed by atoms with van der Waals surface area (Å²) in [5, 5.41) is 10.4. The number of aliphatic hydroxyl groups is 1. The third-order valence-electron chi connectivity index (χ3n) is 5.24. The number of carbonyl (C=O) groups is 2. The molecule has 1 aromatic rings. The number of likely N-dealkylation sites (tertiary alicyclic amines) is 1. The van der Waals surface area contributed by atoms with Crippen molar-refractivity contribution in [2.24, 2.45) is 11.3 Å². The molecule has 1 N–H and O–H groups in total. The molecular formula is C18H23NO4. The van der Waals surface area contributed by atoms with E-state index in [1.807, 2.05) is 37.3 Å². The Bertz CT molecular complexity index is 596. The number of amides is 1. The van der Waals surface area contributed by atoms with Crippen LogP contribution >= 0.6 is 0 Å². The van der Waals surface area contributed by atoms with Crippen LogP contribution in [0, 0.1) is 11.3 Å². The van der Waals surface area contributed by atoms with E-state index < -0.39 is 11.5 Å². The zero-order valence-electron chi connectivity index (χ0n) is 13.6. The van der Waals surface area contributed by atoms with Gasteiger partial charge in [-0.05, 0) is 32.3 Å². The molecule has 5 nitrogen and oxygen atoms in total. The van der Waals surface area contributed by atoms with Crippen molar-refractivity contribution in [1.29, 1.82) is 0 Å². The lowest BCUT2D eigenvalue weighted by Gasteiger charge is -2.26. The van der Waals surface area contributed by atoms with Crippen LogP contribution in [0.4, 0.5) is 0 Å². The number of nitrogens with zero attached hydrogens (tertiary/aromatic N) is 1. The van der Waals surface area contributed by atoms with E-state index in [-0.39, 0.29) is 23.8 Å². The van der Waals surface area contributed by atoms with Crippen LogP contribution in [0.25, 0.3) is 0 Å². The fourth-order valence-corrected chi connectivity index (χ4v) is 3.62. The minimum absolute atomic E-state index is 0.124. The molecule has 1 saturated heterocycles. The van der Waals surface area contributed by atoms with Gasteiger partial charge < -0.3 is 14.7 Å². The SMILES string of the molecule is CCOC(=O)C1(C2CN(C(C)c3ccccc3)C(=O)C2O)CC1. The summed E-state index contributed by atoms with van der Waals surface area (Å²) in [7, 11) is 0. The Morgan fingerprint density at radius 1 is 1.39 bits per heavy atom. The highest BCUT2D eigenvalue weighted by Gasteiger charge is 2.63. The van der Waals surface area contributed by atoms with Gasteiger partial charge in [0.2, 0.25) is 0 Å². The fourth-order valence-electron chi connectivity index (χ4n) is 3.62. The molecular weight excluding hydrogens is 294 g/mol. The van der Waals surface area contributed by atoms with E-state index in [1.54, 1.807) is 11.8 Å². The number of ether oxygens (including phenoxy) is 1. The Morgan fingerprint density at radius 3 is 2.61 bits per heavy atom. The molecule has 1 heterocycles. The first-order valence-corrected chi connectivity index (χ1v) is 8.22. The summed E-state index contributed by atoms with van der Waals surface area (Å²) in [5.41, 5.74) is 0.352. The molecule has 0 bridgehead atoms. The molecule has 0 radical (unpaired) electrons. The minimum Gasteiger partial charge on any atom is -0.466 e. The molecule has 3 atom stereocenters. The molecule has 1 aliphatic carbocycles. The molecule has 5 heteroatoms. The first-order chi connectivity index (χ1) is 11.0. The lowest BCUT2D eigenvalue weighted by molar-refractivity contribution is -0.153. The summed E-state index contributed by atoms with van der Waals surface area (Å²) in [4.78, 5) is 26.4. The Hall–Kier alpha value is -1.88. The molecule has 2 aliphatic rings. The second-order valence-corrected chi connectivity index (χ2v) is 6.51. The van der Waals surface area contributed by atoms with Crippen molar-refractivity contribution in [3.05, 3.63) is 35.9 Å². The number of rotatable bonds is 5. The zero-order chi connectivity index (χ0) is 16.6. The minimum atomic E-state index is -1.12. The lowest BCUT2D eigenvalue weighted by Crippen LogP contribution is -2.36. The molecule has 0 aromatic heterocycles. The maximum atomic E-state index is 12.5. The topological polar surface area (TPSA) is 66.8 Å². The summed E-state index contributed by atoms with van der Waals surface area (Å²) in [6.45, 7) is 4.44. The third-order valence-corrected chi connectivity index (χ3v) is 5.24. The van der Waals surface area contributed by atoms with Crippen molar-refractivity contribution < 1.29 is 19.4 Å². The average Bonchev–Trinajstić information content (AvgIpc) is 3.31. The predicted molar refractivity (Wildman–Crippen MR) is 84.4 cm³/mol. The van der Waals surface area contributed by atoms with E-state index in [0.717, 1.165) is 5.56 Å². The highest BCUT2D eigenvalue weighted by molar-refractivity contribution is 5.88. The summed E-state index contributed by atoms with van der Waals surface area (Å²) in [6, 6.07) is 9.61. The number of esters is 1. The van der Waals surface area contributed by atoms with Crippen molar-refractivity contribution in [2.75, 3.05) is 13.2 Å². The Morgan fingerprint density at radius 2 is 2.04 bits per heavy atom. The molecule has 1 saturated carbocycles. The number of benzene rings is 1. The van der Waals surface area contributed by atoms with Gasteiger partial charge in [-0.3, -0.25) is 9.59 Å². The third kappa shape index (κ3) is 2.63. The van der Waals surface area contributed by atoms with E-state index in [4.69, 9.17) is 4.74 Å². The molecule has 3 unspecified atom stereocenters. The molecule has 1 aliphatic heterocycles. The second-order valence-electron chi connectivity index (χ2n) is 6.51. The quantitative estimate of drug-likeness (QED) is 0.843. The molecule has 124 valence electrons. The van der Waals surface area contributed by atoms with Gasteiger partial charge in [0.15, 0.2) is 0 Å². The standard InChI is InChI=1S/C18H23NO4/c1-3-23-17(22)18(9-10-18)14-11-19(16(21)15(14)20)12(2)13-7-5-4-6-8-13/h4-8,12,14-15,20H,3,9-11H2,1-2H3. The Labute approximate surface area is 136 Å². The Kier molecular flexibility index (Phi) is 4.15. The van der Waals surface area contributed by atoms with E-state index in [2.05, 4.69) is 0 Å². The Balaban J connectivity index is 1.79. The summed E-state index contributed by atoms with van der Waals surface area (Å²) in [5.74, 6) is -0.937. The van der Waals surface area contributed by atoms with E-state index >= 15 is 0 Å². The first-order valence-electron chi connectivity index (χ1n) is 8.22. The molecule has 1 aromatic carbocycles. The van der Waals surface area contributed by atoms with Crippen molar-refractivity contribution in [2.45, 2.75) is 38.8 Å². The van der Waals surface area contributed by atoms with Crippen molar-refractivity contribution in [1.82, 2.24) is 4.90 Å². The lowest BCUT2D eigenvalue weighted by atomic mass is 9.86. The van der Waals surface area contributed by atoms with Crippen molar-refractivity contribution >= 4 is 11.9 Å². The monoisotopic (exact) mass is 317 g/mol. The number of hydrogen-bond acceptors (Lipinski definition) is 4. The van der Waals surface area contributed by atoms with Crippen molar-refractivity contribution in [3.63, 3.8) is 0 Å². The van der Waals surface area contributed by atoms with Gasteiger partial charge in [0.25, 0.3) is 5.91 Å². The first kappa shape index (κ1) is 16.0. The number of carbonyl (C=O) groups excluding carboxylic acids is 2. The highest BCUT2D eigenvalue weighted by Crippen LogP contribution is 2.56. The van der Waals surface area contributed by atoms with Crippen LogP contribution in [0.15, 0.2) is 30.3 Å². The van der Waals surface area contributed by atoms with Gasteiger partial charge in [0, 0.05) is 12.5 Å². The van der Waals surface area contributed by atoms with Crippen LogP contribution in [0.1, 0.15) is 38.3 Å². The van der Waals surface area contributed by atoms with E-state index in [9.17, 15) is 14.7 Å². The molecule has 23 heavy (non-hydrogen) atoms. The van der Waals surface area contributed by atoms with Gasteiger partial charge in [0.05, 0.1) is 18.1 Å². The van der Waals surface area contributed by atoms with Gasteiger partial charge in [-0.2, -0.15) is 0 Å². The summed E-state index contributed by atoms with van der Waals surface area (Å²) in [6.07, 6.45) is 0.260.